The lowest BCUT2D eigenvalue weighted by atomic mass is 10.1. The van der Waals surface area contributed by atoms with Crippen molar-refractivity contribution in [1.82, 2.24) is 29.1 Å². The van der Waals surface area contributed by atoms with E-state index in [-0.39, 0.29) is 25.3 Å². The van der Waals surface area contributed by atoms with Crippen LogP contribution in [0.3, 0.4) is 0 Å². The maximum atomic E-state index is 13.5. The summed E-state index contributed by atoms with van der Waals surface area (Å²) >= 11 is 0. The number of aliphatic hydroxyl groups excluding tert-OH is 1. The van der Waals surface area contributed by atoms with E-state index in [0.717, 1.165) is 10.6 Å². The summed E-state index contributed by atoms with van der Waals surface area (Å²) in [6.45, 7) is 2.30. The van der Waals surface area contributed by atoms with Crippen molar-refractivity contribution in [3.05, 3.63) is 45.8 Å². The Labute approximate surface area is 233 Å². The molecule has 4 N–H and O–H groups in total. The third kappa shape index (κ3) is 6.26. The van der Waals surface area contributed by atoms with E-state index in [2.05, 4.69) is 31.8 Å². The molecule has 2 aliphatic rings. The number of H-pyrrole nitrogens is 1. The number of aromatic amines is 1. The monoisotopic (exact) mass is 591 g/mol. The van der Waals surface area contributed by atoms with Crippen LogP contribution >= 0.6 is 7.60 Å². The van der Waals surface area contributed by atoms with Gasteiger partial charge in [0, 0.05) is 18.9 Å². The van der Waals surface area contributed by atoms with Gasteiger partial charge >= 0.3 is 13.3 Å². The number of hydrogen-bond donors (Lipinski definition) is 3. The summed E-state index contributed by atoms with van der Waals surface area (Å²) in [5, 5.41) is 10.0. The molecule has 0 spiro atoms. The fourth-order valence-corrected chi connectivity index (χ4v) is 5.98. The van der Waals surface area contributed by atoms with Crippen LogP contribution in [-0.4, -0.2) is 85.1 Å². The van der Waals surface area contributed by atoms with Gasteiger partial charge in [0.2, 0.25) is 0 Å². The fraction of sp³-hybridized carbons (Fsp3) is 0.542. The minimum absolute atomic E-state index is 0.0406. The van der Waals surface area contributed by atoms with Gasteiger partial charge in [-0.05, 0) is 19.8 Å². The van der Waals surface area contributed by atoms with Crippen molar-refractivity contribution in [1.29, 1.82) is 0 Å². The van der Waals surface area contributed by atoms with Crippen molar-refractivity contribution in [2.75, 3.05) is 32.2 Å². The maximum absolute atomic E-state index is 13.5. The molecule has 2 aliphatic heterocycles. The highest BCUT2D eigenvalue weighted by molar-refractivity contribution is 7.53. The van der Waals surface area contributed by atoms with Crippen LogP contribution in [0.1, 0.15) is 32.2 Å². The summed E-state index contributed by atoms with van der Waals surface area (Å²) in [6.07, 6.45) is 0.379. The van der Waals surface area contributed by atoms with E-state index in [9.17, 15) is 19.3 Å². The predicted molar refractivity (Wildman–Crippen MR) is 143 cm³/mol. The summed E-state index contributed by atoms with van der Waals surface area (Å²) in [7, 11) is -3.77. The molecule has 2 saturated heterocycles. The number of aliphatic hydroxyl groups is 1. The molecule has 3 aromatic heterocycles. The van der Waals surface area contributed by atoms with Crippen LogP contribution in [0.2, 0.25) is 0 Å². The first-order valence-corrected chi connectivity index (χ1v) is 14.8. The van der Waals surface area contributed by atoms with Crippen LogP contribution in [0.4, 0.5) is 5.82 Å². The van der Waals surface area contributed by atoms with Gasteiger partial charge in [0.1, 0.15) is 43.0 Å². The Morgan fingerprint density at radius 1 is 1.22 bits per heavy atom. The summed E-state index contributed by atoms with van der Waals surface area (Å²) in [6, 6.07) is 1.15. The molecule has 3 aromatic rings. The molecule has 0 saturated carbocycles. The van der Waals surface area contributed by atoms with Gasteiger partial charge < -0.3 is 29.6 Å². The highest BCUT2D eigenvalue weighted by Crippen LogP contribution is 2.50. The van der Waals surface area contributed by atoms with Gasteiger partial charge in [0.05, 0.1) is 25.6 Å². The predicted octanol–water partition coefficient (Wildman–Crippen LogP) is 0.159. The number of rotatable bonds is 10. The van der Waals surface area contributed by atoms with Gasteiger partial charge in [-0.25, -0.2) is 19.7 Å². The third-order valence-corrected chi connectivity index (χ3v) is 7.95. The third-order valence-electron chi connectivity index (χ3n) is 6.71. The summed E-state index contributed by atoms with van der Waals surface area (Å²) < 4.78 is 45.7. The van der Waals surface area contributed by atoms with E-state index < -0.39 is 56.1 Å². The Morgan fingerprint density at radius 3 is 2.80 bits per heavy atom. The zero-order valence-corrected chi connectivity index (χ0v) is 23.2. The van der Waals surface area contributed by atoms with Gasteiger partial charge in [-0.3, -0.25) is 28.0 Å². The number of nitrogens with two attached hydrogens (primary N) is 1. The second kappa shape index (κ2) is 12.2. The summed E-state index contributed by atoms with van der Waals surface area (Å²) in [5.74, 6) is 5.71. The van der Waals surface area contributed by atoms with Crippen molar-refractivity contribution in [2.45, 2.75) is 56.6 Å². The number of nitrogen functional groups attached to an aromatic ring is 1. The van der Waals surface area contributed by atoms with Crippen LogP contribution < -0.4 is 17.0 Å². The number of anilines is 1. The number of ether oxygens (including phenoxy) is 3. The SMILES string of the molecule is CC#CCOC1C(OP(C)(=O)OC[C@@H]2CC[C@H](n3cnc4c(N)ncnc43)O2)[C@@H](CO)O[C@H]1n1ccc(=O)[nH]c1=O. The van der Waals surface area contributed by atoms with Crippen molar-refractivity contribution in [3.8, 4) is 11.8 Å². The zero-order valence-electron chi connectivity index (χ0n) is 22.3. The lowest BCUT2D eigenvalue weighted by molar-refractivity contribution is -0.0677. The number of imidazole rings is 1. The molecule has 0 radical (unpaired) electrons. The van der Waals surface area contributed by atoms with Gasteiger partial charge in [0.25, 0.3) is 5.56 Å². The highest BCUT2D eigenvalue weighted by Gasteiger charge is 2.50. The molecule has 5 rings (SSSR count). The molecular weight excluding hydrogens is 561 g/mol. The number of fused-ring (bicyclic) bond motifs is 1. The molecule has 220 valence electrons. The maximum Gasteiger partial charge on any atom is 0.330 e. The van der Waals surface area contributed by atoms with Gasteiger partial charge in [-0.2, -0.15) is 0 Å². The second-order valence-corrected chi connectivity index (χ2v) is 11.5. The summed E-state index contributed by atoms with van der Waals surface area (Å²) in [4.78, 5) is 38.6. The standard InChI is InChI=1S/C24H30N7O9P/c1-3-4-9-36-20-19(15(10-32)39-23(20)30-8-7-16(33)29-24(30)34)40-41(2,35)37-11-14-5-6-17(38-14)31-13-28-18-21(25)26-12-27-22(18)31/h7-8,12-15,17,19-20,23,32H,5-6,9-11H2,1-2H3,(H2,25,26,27)(H,29,33,34)/t14-,15+,17+,19?,20?,23+,41?/m0/s1. The lowest BCUT2D eigenvalue weighted by Gasteiger charge is -2.27. The topological polar surface area (TPSA) is 208 Å². The van der Waals surface area contributed by atoms with E-state index in [4.69, 9.17) is 29.0 Å². The van der Waals surface area contributed by atoms with Gasteiger partial charge in [-0.1, -0.05) is 5.92 Å². The van der Waals surface area contributed by atoms with Crippen LogP contribution in [-0.2, 0) is 27.8 Å². The van der Waals surface area contributed by atoms with Crippen molar-refractivity contribution in [2.24, 2.45) is 0 Å². The number of nitrogens with one attached hydrogen (secondary N) is 1. The molecule has 0 aliphatic carbocycles. The van der Waals surface area contributed by atoms with E-state index in [1.54, 1.807) is 17.8 Å². The van der Waals surface area contributed by atoms with E-state index in [1.807, 2.05) is 0 Å². The smallest absolute Gasteiger partial charge is 0.330 e. The van der Waals surface area contributed by atoms with Crippen LogP contribution in [0.15, 0.2) is 34.5 Å². The Hall–Kier alpha value is -3.42. The normalized spacial score (nSPS) is 27.5. The molecule has 0 amide bonds. The summed E-state index contributed by atoms with van der Waals surface area (Å²) in [5.41, 5.74) is 5.55. The average molecular weight is 592 g/mol. The van der Waals surface area contributed by atoms with E-state index >= 15 is 0 Å². The first-order valence-electron chi connectivity index (χ1n) is 12.8. The van der Waals surface area contributed by atoms with Crippen LogP contribution in [0.5, 0.6) is 0 Å². The quantitative estimate of drug-likeness (QED) is 0.212. The number of hydrogen-bond acceptors (Lipinski definition) is 13. The van der Waals surface area contributed by atoms with E-state index in [0.29, 0.717) is 24.0 Å². The molecular formula is C24H30N7O9P. The van der Waals surface area contributed by atoms with Gasteiger partial charge in [-0.15, -0.1) is 5.92 Å². The molecule has 0 bridgehead atoms. The number of nitrogens with zero attached hydrogens (tertiary/aromatic N) is 5. The lowest BCUT2D eigenvalue weighted by Crippen LogP contribution is -2.40. The van der Waals surface area contributed by atoms with E-state index in [1.165, 1.54) is 19.2 Å². The van der Waals surface area contributed by atoms with Crippen molar-refractivity contribution < 1.29 is 32.9 Å². The minimum atomic E-state index is -3.77. The van der Waals surface area contributed by atoms with Crippen LogP contribution in [0.25, 0.3) is 11.2 Å². The van der Waals surface area contributed by atoms with Crippen molar-refractivity contribution >= 4 is 24.6 Å². The molecule has 41 heavy (non-hydrogen) atoms. The number of aromatic nitrogens is 6. The Morgan fingerprint density at radius 2 is 2.05 bits per heavy atom. The first-order chi connectivity index (χ1) is 19.7. The molecule has 7 atom stereocenters. The molecule has 5 heterocycles. The molecule has 17 heteroatoms. The zero-order chi connectivity index (χ0) is 29.1. The molecule has 3 unspecified atom stereocenters. The Kier molecular flexibility index (Phi) is 8.66. The Balaban J connectivity index is 1.26. The molecule has 2 fully saturated rings. The second-order valence-electron chi connectivity index (χ2n) is 9.48. The minimum Gasteiger partial charge on any atom is -0.394 e. The van der Waals surface area contributed by atoms with Crippen LogP contribution in [0, 0.1) is 11.8 Å². The first kappa shape index (κ1) is 29.1. The fourth-order valence-electron chi connectivity index (χ4n) is 4.79. The van der Waals surface area contributed by atoms with Gasteiger partial charge in [0.15, 0.2) is 17.7 Å². The molecule has 0 aromatic carbocycles. The molecule has 16 nitrogen and oxygen atoms in total. The average Bonchev–Trinajstić information content (AvgIpc) is 3.66. The Bertz CT molecular complexity index is 1610. The van der Waals surface area contributed by atoms with Crippen molar-refractivity contribution in [3.63, 3.8) is 0 Å². The highest BCUT2D eigenvalue weighted by atomic mass is 31.2. The largest absolute Gasteiger partial charge is 0.394 e.